The third kappa shape index (κ3) is 4.22. The molecule has 0 atom stereocenters. The number of carbonyl (C=O) groups excluding carboxylic acids is 2. The lowest BCUT2D eigenvalue weighted by atomic mass is 9.88. The van der Waals surface area contributed by atoms with Crippen LogP contribution in [0.3, 0.4) is 0 Å². The Bertz CT molecular complexity index is 1400. The van der Waals surface area contributed by atoms with Gasteiger partial charge in [0.25, 0.3) is 5.91 Å². The van der Waals surface area contributed by atoms with Gasteiger partial charge in [0.15, 0.2) is 17.2 Å². The number of ketones is 1. The number of carbonyl (C=O) groups is 2. The smallest absolute Gasteiger partial charge is 0.254 e. The van der Waals surface area contributed by atoms with Crippen molar-refractivity contribution in [2.45, 2.75) is 32.7 Å². The summed E-state index contributed by atoms with van der Waals surface area (Å²) >= 11 is 0. The number of pyridine rings is 1. The number of halogens is 2. The van der Waals surface area contributed by atoms with Crippen molar-refractivity contribution in [2.75, 3.05) is 13.1 Å². The molecule has 3 aromatic heterocycles. The highest BCUT2D eigenvalue weighted by molar-refractivity contribution is 6.06. The van der Waals surface area contributed by atoms with E-state index < -0.39 is 23.3 Å². The van der Waals surface area contributed by atoms with E-state index in [-0.39, 0.29) is 17.5 Å². The summed E-state index contributed by atoms with van der Waals surface area (Å²) in [6.45, 7) is 4.62. The van der Waals surface area contributed by atoms with Crippen molar-refractivity contribution in [3.8, 4) is 11.5 Å². The molecule has 0 radical (unpaired) electrons. The lowest BCUT2D eigenvalue weighted by Gasteiger charge is -2.31. The van der Waals surface area contributed by atoms with Crippen LogP contribution in [0.1, 0.15) is 53.4 Å². The largest absolute Gasteiger partial charge is 0.463 e. The summed E-state index contributed by atoms with van der Waals surface area (Å²) in [7, 11) is 0. The molecule has 1 amide bonds. The van der Waals surface area contributed by atoms with Gasteiger partial charge in [0.05, 0.1) is 29.0 Å². The van der Waals surface area contributed by atoms with Gasteiger partial charge in [-0.1, -0.05) is 0 Å². The Labute approximate surface area is 200 Å². The molecular weight excluding hydrogens is 454 g/mol. The van der Waals surface area contributed by atoms with Crippen molar-refractivity contribution in [3.05, 3.63) is 71.6 Å². The fraction of sp³-hybridized carbons (Fsp3) is 0.308. The minimum absolute atomic E-state index is 0.0415. The van der Waals surface area contributed by atoms with Crippen LogP contribution in [0.25, 0.3) is 22.5 Å². The SMILES string of the molecule is CC(C)n1ncc2c(C(=O)N3CCC(C(=O)c4cc(F)ccc4F)CC3)cc(-c3ccco3)nc21. The molecule has 1 aliphatic rings. The molecule has 4 heterocycles. The van der Waals surface area contributed by atoms with Gasteiger partial charge in [-0.15, -0.1) is 0 Å². The van der Waals surface area contributed by atoms with Crippen molar-refractivity contribution in [1.82, 2.24) is 19.7 Å². The van der Waals surface area contributed by atoms with E-state index in [1.807, 2.05) is 13.8 Å². The van der Waals surface area contributed by atoms with Gasteiger partial charge in [0.1, 0.15) is 17.3 Å². The summed E-state index contributed by atoms with van der Waals surface area (Å²) in [4.78, 5) is 32.8. The highest BCUT2D eigenvalue weighted by atomic mass is 19.1. The van der Waals surface area contributed by atoms with Crippen LogP contribution >= 0.6 is 0 Å². The van der Waals surface area contributed by atoms with E-state index in [0.29, 0.717) is 54.0 Å². The van der Waals surface area contributed by atoms with E-state index in [0.717, 1.165) is 18.2 Å². The molecule has 0 unspecified atom stereocenters. The number of amides is 1. The minimum Gasteiger partial charge on any atom is -0.463 e. The highest BCUT2D eigenvalue weighted by Gasteiger charge is 2.31. The zero-order chi connectivity index (χ0) is 24.7. The molecule has 0 saturated carbocycles. The number of nitrogens with zero attached hydrogens (tertiary/aromatic N) is 4. The molecule has 180 valence electrons. The summed E-state index contributed by atoms with van der Waals surface area (Å²) in [5.41, 5.74) is 1.33. The number of benzene rings is 1. The minimum atomic E-state index is -0.735. The highest BCUT2D eigenvalue weighted by Crippen LogP contribution is 2.30. The van der Waals surface area contributed by atoms with E-state index in [1.54, 1.807) is 40.2 Å². The van der Waals surface area contributed by atoms with Gasteiger partial charge in [-0.3, -0.25) is 9.59 Å². The number of furan rings is 1. The van der Waals surface area contributed by atoms with Crippen LogP contribution in [-0.4, -0.2) is 44.4 Å². The summed E-state index contributed by atoms with van der Waals surface area (Å²) in [6.07, 6.45) is 3.92. The average Bonchev–Trinajstić information content (AvgIpc) is 3.54. The van der Waals surface area contributed by atoms with Gasteiger partial charge in [0.2, 0.25) is 0 Å². The Kier molecular flexibility index (Phi) is 5.92. The second-order valence-electron chi connectivity index (χ2n) is 9.01. The van der Waals surface area contributed by atoms with Crippen LogP contribution in [-0.2, 0) is 0 Å². The third-order valence-electron chi connectivity index (χ3n) is 6.41. The van der Waals surface area contributed by atoms with Gasteiger partial charge in [-0.25, -0.2) is 18.4 Å². The number of Topliss-reactive ketones (excluding diaryl/α,β-unsaturated/α-hetero) is 1. The third-order valence-corrected chi connectivity index (χ3v) is 6.41. The first-order valence-corrected chi connectivity index (χ1v) is 11.5. The standard InChI is InChI=1S/C26H24F2N4O3/c1-15(2)32-25-20(14-29-32)18(13-22(30-25)23-4-3-11-35-23)26(34)31-9-7-16(8-10-31)24(33)19-12-17(27)5-6-21(19)28/h3-6,11-16H,7-10H2,1-2H3. The summed E-state index contributed by atoms with van der Waals surface area (Å²) < 4.78 is 34.9. The van der Waals surface area contributed by atoms with E-state index in [1.165, 1.54) is 0 Å². The Balaban J connectivity index is 1.41. The first-order chi connectivity index (χ1) is 16.8. The number of hydrogen-bond donors (Lipinski definition) is 0. The average molecular weight is 478 g/mol. The van der Waals surface area contributed by atoms with E-state index in [2.05, 4.69) is 5.10 Å². The van der Waals surface area contributed by atoms with Crippen LogP contribution in [0.2, 0.25) is 0 Å². The molecule has 0 N–H and O–H groups in total. The lowest BCUT2D eigenvalue weighted by Crippen LogP contribution is -2.40. The number of rotatable bonds is 5. The van der Waals surface area contributed by atoms with Crippen LogP contribution in [0.4, 0.5) is 8.78 Å². The van der Waals surface area contributed by atoms with Crippen molar-refractivity contribution in [2.24, 2.45) is 5.92 Å². The second kappa shape index (κ2) is 9.05. The molecule has 1 aromatic carbocycles. The van der Waals surface area contributed by atoms with Gasteiger partial charge >= 0.3 is 0 Å². The molecule has 1 aliphatic heterocycles. The second-order valence-corrected chi connectivity index (χ2v) is 9.01. The Morgan fingerprint density at radius 3 is 2.54 bits per heavy atom. The van der Waals surface area contributed by atoms with Crippen LogP contribution in [0, 0.1) is 17.6 Å². The predicted octanol–water partition coefficient (Wildman–Crippen LogP) is 5.29. The van der Waals surface area contributed by atoms with Crippen LogP contribution < -0.4 is 0 Å². The maximum Gasteiger partial charge on any atom is 0.254 e. The molecule has 0 bridgehead atoms. The van der Waals surface area contributed by atoms with Gasteiger partial charge in [-0.05, 0) is 63.1 Å². The van der Waals surface area contributed by atoms with Crippen molar-refractivity contribution in [1.29, 1.82) is 0 Å². The summed E-state index contributed by atoms with van der Waals surface area (Å²) in [5, 5.41) is 5.07. The quantitative estimate of drug-likeness (QED) is 0.364. The molecule has 1 fully saturated rings. The van der Waals surface area contributed by atoms with Crippen LogP contribution in [0.5, 0.6) is 0 Å². The van der Waals surface area contributed by atoms with E-state index >= 15 is 0 Å². The van der Waals surface area contributed by atoms with Crippen molar-refractivity contribution >= 4 is 22.7 Å². The van der Waals surface area contributed by atoms with Crippen molar-refractivity contribution in [3.63, 3.8) is 0 Å². The Morgan fingerprint density at radius 2 is 1.86 bits per heavy atom. The maximum atomic E-state index is 14.1. The topological polar surface area (TPSA) is 81.2 Å². The van der Waals surface area contributed by atoms with E-state index in [4.69, 9.17) is 9.40 Å². The zero-order valence-electron chi connectivity index (χ0n) is 19.4. The van der Waals surface area contributed by atoms with E-state index in [9.17, 15) is 18.4 Å². The number of hydrogen-bond acceptors (Lipinski definition) is 5. The van der Waals surface area contributed by atoms with Gasteiger partial charge < -0.3 is 9.32 Å². The molecular formula is C26H24F2N4O3. The molecule has 0 aliphatic carbocycles. The van der Waals surface area contributed by atoms with Gasteiger partial charge in [0, 0.05) is 25.0 Å². The maximum absolute atomic E-state index is 14.1. The fourth-order valence-electron chi connectivity index (χ4n) is 4.54. The normalized spacial score (nSPS) is 14.7. The van der Waals surface area contributed by atoms with Crippen molar-refractivity contribution < 1.29 is 22.8 Å². The summed E-state index contributed by atoms with van der Waals surface area (Å²) in [5.74, 6) is -1.95. The predicted molar refractivity (Wildman–Crippen MR) is 125 cm³/mol. The first-order valence-electron chi connectivity index (χ1n) is 11.5. The molecule has 4 aromatic rings. The number of likely N-dealkylation sites (tertiary alicyclic amines) is 1. The molecule has 9 heteroatoms. The van der Waals surface area contributed by atoms with Gasteiger partial charge in [-0.2, -0.15) is 5.10 Å². The lowest BCUT2D eigenvalue weighted by molar-refractivity contribution is 0.0650. The number of aromatic nitrogens is 3. The molecule has 7 nitrogen and oxygen atoms in total. The number of piperidine rings is 1. The molecule has 35 heavy (non-hydrogen) atoms. The summed E-state index contributed by atoms with van der Waals surface area (Å²) in [6, 6.07) is 8.17. The monoisotopic (exact) mass is 478 g/mol. The Hall–Kier alpha value is -3.88. The molecule has 1 saturated heterocycles. The van der Waals surface area contributed by atoms with Crippen LogP contribution in [0.15, 0.2) is 53.3 Å². The number of fused-ring (bicyclic) bond motifs is 1. The molecule has 5 rings (SSSR count). The fourth-order valence-corrected chi connectivity index (χ4v) is 4.54. The first kappa shape index (κ1) is 22.9. The zero-order valence-corrected chi connectivity index (χ0v) is 19.4. The molecule has 0 spiro atoms. The Morgan fingerprint density at radius 1 is 1.09 bits per heavy atom.